The van der Waals surface area contributed by atoms with Crippen LogP contribution in [0.1, 0.15) is 55.9 Å². The van der Waals surface area contributed by atoms with Gasteiger partial charge in [0.15, 0.2) is 23.3 Å². The van der Waals surface area contributed by atoms with Gasteiger partial charge in [0.05, 0.1) is 6.04 Å². The maximum Gasteiger partial charge on any atom is 0.405 e. The Morgan fingerprint density at radius 2 is 2.04 bits per heavy atom. The van der Waals surface area contributed by atoms with Gasteiger partial charge in [-0.3, -0.25) is 0 Å². The van der Waals surface area contributed by atoms with Gasteiger partial charge in [-0.25, -0.2) is 13.6 Å². The number of nitrogens with zero attached hydrogens (tertiary/aromatic N) is 3. The third-order valence-corrected chi connectivity index (χ3v) is 4.56. The Bertz CT molecular complexity index is 832. The Morgan fingerprint density at radius 1 is 1.31 bits per heavy atom. The molecule has 1 aromatic carbocycles. The number of fused-ring (bicyclic) bond motifs is 1. The van der Waals surface area contributed by atoms with Crippen molar-refractivity contribution in [3.05, 3.63) is 47.0 Å². The predicted molar refractivity (Wildman–Crippen MR) is 87.5 cm³/mol. The van der Waals surface area contributed by atoms with E-state index < -0.39 is 35.3 Å². The van der Waals surface area contributed by atoms with Gasteiger partial charge in [-0.15, -0.1) is 10.2 Å². The second kappa shape index (κ2) is 6.64. The molecule has 3 N–H and O–H groups in total. The maximum absolute atomic E-state index is 14.3. The fourth-order valence-corrected chi connectivity index (χ4v) is 3.39. The minimum atomic E-state index is -1.33. The SMILES string of the molecule is CC(C)(O)c1nnc2n1C[C@H](c1cccc(F)c1F)CC[C@H]2NC(=O)O. The van der Waals surface area contributed by atoms with Gasteiger partial charge < -0.3 is 20.1 Å². The standard InChI is InChI=1S/C17H20F2N4O3/c1-17(2,26)15-22-21-14-12(20-16(24)25)7-6-9(8-23(14)15)10-4-3-5-11(18)13(10)19/h3-5,9,12,20,26H,6-8H2,1-2H3,(H,24,25)/t9-,12-/m1/s1. The molecule has 0 bridgehead atoms. The molecular weight excluding hydrogens is 346 g/mol. The number of benzene rings is 1. The second-order valence-electron chi connectivity index (χ2n) is 6.97. The number of aliphatic hydroxyl groups is 1. The zero-order chi connectivity index (χ0) is 19.1. The molecule has 1 aliphatic rings. The first kappa shape index (κ1) is 18.2. The first-order chi connectivity index (χ1) is 12.2. The van der Waals surface area contributed by atoms with E-state index in [0.29, 0.717) is 18.7 Å². The molecule has 26 heavy (non-hydrogen) atoms. The van der Waals surface area contributed by atoms with Crippen LogP contribution in [0.15, 0.2) is 18.2 Å². The highest BCUT2D eigenvalue weighted by molar-refractivity contribution is 5.65. The van der Waals surface area contributed by atoms with Crippen molar-refractivity contribution in [2.45, 2.75) is 50.8 Å². The highest BCUT2D eigenvalue weighted by Crippen LogP contribution is 2.36. The van der Waals surface area contributed by atoms with Crippen molar-refractivity contribution in [2.24, 2.45) is 0 Å². The molecule has 0 spiro atoms. The molecule has 1 aliphatic heterocycles. The molecule has 2 heterocycles. The van der Waals surface area contributed by atoms with Crippen molar-refractivity contribution < 1.29 is 23.8 Å². The van der Waals surface area contributed by atoms with Gasteiger partial charge in [0.25, 0.3) is 0 Å². The fourth-order valence-electron chi connectivity index (χ4n) is 3.39. The largest absolute Gasteiger partial charge is 0.465 e. The minimum absolute atomic E-state index is 0.208. The third-order valence-electron chi connectivity index (χ3n) is 4.56. The summed E-state index contributed by atoms with van der Waals surface area (Å²) in [5.41, 5.74) is -1.11. The van der Waals surface area contributed by atoms with E-state index in [1.165, 1.54) is 26.0 Å². The van der Waals surface area contributed by atoms with Crippen molar-refractivity contribution in [2.75, 3.05) is 0 Å². The number of carboxylic acid groups (broad SMARTS) is 1. The van der Waals surface area contributed by atoms with Crippen molar-refractivity contribution in [1.29, 1.82) is 0 Å². The second-order valence-corrected chi connectivity index (χ2v) is 6.97. The quantitative estimate of drug-likeness (QED) is 0.775. The summed E-state index contributed by atoms with van der Waals surface area (Å²) in [6.45, 7) is 3.28. The summed E-state index contributed by atoms with van der Waals surface area (Å²) in [5, 5.41) is 29.9. The summed E-state index contributed by atoms with van der Waals surface area (Å²) in [5.74, 6) is -1.67. The average Bonchev–Trinajstić information content (AvgIpc) is 2.89. The summed E-state index contributed by atoms with van der Waals surface area (Å²) in [6, 6.07) is 3.35. The molecule has 2 aromatic rings. The first-order valence-electron chi connectivity index (χ1n) is 8.27. The minimum Gasteiger partial charge on any atom is -0.465 e. The Morgan fingerprint density at radius 3 is 2.69 bits per heavy atom. The number of aromatic nitrogens is 3. The molecule has 1 amide bonds. The number of hydrogen-bond acceptors (Lipinski definition) is 4. The van der Waals surface area contributed by atoms with Gasteiger partial charge in [-0.1, -0.05) is 12.1 Å². The predicted octanol–water partition coefficient (Wildman–Crippen LogP) is 2.67. The van der Waals surface area contributed by atoms with E-state index in [2.05, 4.69) is 15.5 Å². The van der Waals surface area contributed by atoms with Crippen LogP contribution in [0.4, 0.5) is 13.6 Å². The van der Waals surface area contributed by atoms with Crippen LogP contribution < -0.4 is 5.32 Å². The number of amides is 1. The molecule has 0 saturated heterocycles. The van der Waals surface area contributed by atoms with Crippen LogP contribution in [0.2, 0.25) is 0 Å². The molecule has 0 radical (unpaired) electrons. The Hall–Kier alpha value is -2.55. The number of hydrogen-bond donors (Lipinski definition) is 3. The van der Waals surface area contributed by atoms with Crippen molar-refractivity contribution in [1.82, 2.24) is 20.1 Å². The van der Waals surface area contributed by atoms with Crippen LogP contribution in [0.3, 0.4) is 0 Å². The van der Waals surface area contributed by atoms with Crippen LogP contribution in [-0.4, -0.2) is 31.1 Å². The lowest BCUT2D eigenvalue weighted by atomic mass is 9.92. The summed E-state index contributed by atoms with van der Waals surface area (Å²) in [4.78, 5) is 11.1. The topological polar surface area (TPSA) is 100 Å². The van der Waals surface area contributed by atoms with E-state index in [9.17, 15) is 18.7 Å². The third kappa shape index (κ3) is 3.39. The Kier molecular flexibility index (Phi) is 4.66. The molecule has 7 nitrogen and oxygen atoms in total. The molecule has 0 fully saturated rings. The van der Waals surface area contributed by atoms with Crippen molar-refractivity contribution in [3.8, 4) is 0 Å². The molecule has 9 heteroatoms. The molecular formula is C17H20F2N4O3. The lowest BCUT2D eigenvalue weighted by Gasteiger charge is -2.22. The Labute approximate surface area is 148 Å². The average molecular weight is 366 g/mol. The van der Waals surface area contributed by atoms with Crippen LogP contribution in [-0.2, 0) is 12.1 Å². The number of carbonyl (C=O) groups is 1. The molecule has 2 atom stereocenters. The van der Waals surface area contributed by atoms with Gasteiger partial charge in [-0.2, -0.15) is 0 Å². The van der Waals surface area contributed by atoms with Crippen LogP contribution in [0, 0.1) is 11.6 Å². The summed E-state index contributed by atoms with van der Waals surface area (Å²) >= 11 is 0. The van der Waals surface area contributed by atoms with E-state index >= 15 is 0 Å². The summed E-state index contributed by atoms with van der Waals surface area (Å²) in [6.07, 6.45) is -0.457. The van der Waals surface area contributed by atoms with Crippen LogP contribution >= 0.6 is 0 Å². The number of nitrogens with one attached hydrogen (secondary N) is 1. The molecule has 3 rings (SSSR count). The lowest BCUT2D eigenvalue weighted by Crippen LogP contribution is -2.29. The van der Waals surface area contributed by atoms with Crippen LogP contribution in [0.25, 0.3) is 0 Å². The zero-order valence-corrected chi connectivity index (χ0v) is 14.4. The van der Waals surface area contributed by atoms with Gasteiger partial charge in [0.1, 0.15) is 5.60 Å². The van der Waals surface area contributed by atoms with Crippen molar-refractivity contribution in [3.63, 3.8) is 0 Å². The van der Waals surface area contributed by atoms with Gasteiger partial charge in [-0.05, 0) is 38.3 Å². The van der Waals surface area contributed by atoms with Crippen molar-refractivity contribution >= 4 is 6.09 Å². The first-order valence-corrected chi connectivity index (χ1v) is 8.27. The van der Waals surface area contributed by atoms with Gasteiger partial charge in [0, 0.05) is 12.5 Å². The molecule has 0 unspecified atom stereocenters. The van der Waals surface area contributed by atoms with E-state index in [1.807, 2.05) is 0 Å². The normalized spacial score (nSPS) is 20.3. The smallest absolute Gasteiger partial charge is 0.405 e. The van der Waals surface area contributed by atoms with E-state index in [0.717, 1.165) is 6.07 Å². The molecule has 0 aliphatic carbocycles. The zero-order valence-electron chi connectivity index (χ0n) is 14.4. The highest BCUT2D eigenvalue weighted by atomic mass is 19.2. The van der Waals surface area contributed by atoms with E-state index in [-0.39, 0.29) is 17.9 Å². The molecule has 1 aromatic heterocycles. The number of halogens is 2. The molecule has 0 saturated carbocycles. The maximum atomic E-state index is 14.3. The highest BCUT2D eigenvalue weighted by Gasteiger charge is 2.34. The van der Waals surface area contributed by atoms with Gasteiger partial charge >= 0.3 is 6.09 Å². The molecule has 140 valence electrons. The lowest BCUT2D eigenvalue weighted by molar-refractivity contribution is 0.0637. The Balaban J connectivity index is 2.06. The van der Waals surface area contributed by atoms with Gasteiger partial charge in [0.2, 0.25) is 0 Å². The summed E-state index contributed by atoms with van der Waals surface area (Å²) < 4.78 is 29.5. The fraction of sp³-hybridized carbons (Fsp3) is 0.471. The monoisotopic (exact) mass is 366 g/mol. The summed E-state index contributed by atoms with van der Waals surface area (Å²) in [7, 11) is 0. The number of rotatable bonds is 3. The van der Waals surface area contributed by atoms with Crippen LogP contribution in [0.5, 0.6) is 0 Å². The van der Waals surface area contributed by atoms with E-state index in [1.54, 1.807) is 4.57 Å². The van der Waals surface area contributed by atoms with E-state index in [4.69, 9.17) is 5.11 Å².